The maximum absolute atomic E-state index is 11.2. The summed E-state index contributed by atoms with van der Waals surface area (Å²) in [6.45, 7) is 2.89. The molecule has 98 valence electrons. The highest BCUT2D eigenvalue weighted by atomic mass is 32.1. The predicted octanol–water partition coefficient (Wildman–Crippen LogP) is 1.43. The molecule has 1 aromatic rings. The van der Waals surface area contributed by atoms with Crippen molar-refractivity contribution < 1.29 is 24.2 Å². The molecule has 6 nitrogen and oxygen atoms in total. The van der Waals surface area contributed by atoms with E-state index in [4.69, 9.17) is 5.11 Å². The summed E-state index contributed by atoms with van der Waals surface area (Å²) in [5.41, 5.74) is 0.496. The van der Waals surface area contributed by atoms with Crippen LogP contribution in [0.2, 0.25) is 0 Å². The van der Waals surface area contributed by atoms with E-state index in [0.717, 1.165) is 11.3 Å². The van der Waals surface area contributed by atoms with Crippen LogP contribution >= 0.6 is 11.3 Å². The van der Waals surface area contributed by atoms with E-state index in [1.807, 2.05) is 0 Å². The highest BCUT2D eigenvalue weighted by Crippen LogP contribution is 2.33. The van der Waals surface area contributed by atoms with E-state index < -0.39 is 11.9 Å². The van der Waals surface area contributed by atoms with Crippen molar-refractivity contribution in [2.24, 2.45) is 0 Å². The Bertz CT molecular complexity index is 506. The van der Waals surface area contributed by atoms with Crippen LogP contribution in [0.5, 0.6) is 0 Å². The first kappa shape index (κ1) is 14.2. The molecule has 0 aliphatic rings. The van der Waals surface area contributed by atoms with Crippen molar-refractivity contribution in [3.05, 3.63) is 16.0 Å². The van der Waals surface area contributed by atoms with Crippen LogP contribution in [0.4, 0.5) is 5.00 Å². The van der Waals surface area contributed by atoms with Crippen LogP contribution in [0.25, 0.3) is 0 Å². The Kier molecular flexibility index (Phi) is 4.43. The smallest absolute Gasteiger partial charge is 0.338 e. The van der Waals surface area contributed by atoms with E-state index in [2.05, 4.69) is 10.1 Å². The van der Waals surface area contributed by atoms with Gasteiger partial charge in [-0.2, -0.15) is 0 Å². The van der Waals surface area contributed by atoms with Gasteiger partial charge in [-0.3, -0.25) is 9.59 Å². The summed E-state index contributed by atoms with van der Waals surface area (Å²) in [6, 6.07) is 0. The molecule has 0 atom stereocenters. The molecule has 0 spiro atoms. The van der Waals surface area contributed by atoms with Gasteiger partial charge >= 0.3 is 11.9 Å². The number of anilines is 1. The molecular formula is C11H13NO5S. The van der Waals surface area contributed by atoms with E-state index in [9.17, 15) is 14.4 Å². The van der Waals surface area contributed by atoms with Crippen molar-refractivity contribution in [1.82, 2.24) is 0 Å². The molecule has 7 heteroatoms. The number of hydrogen-bond donors (Lipinski definition) is 2. The largest absolute Gasteiger partial charge is 0.478 e. The number of esters is 1. The first-order valence-corrected chi connectivity index (χ1v) is 5.88. The van der Waals surface area contributed by atoms with Crippen molar-refractivity contribution >= 4 is 34.2 Å². The van der Waals surface area contributed by atoms with Crippen LogP contribution in [0.1, 0.15) is 27.7 Å². The number of hydrogen-bond acceptors (Lipinski definition) is 5. The Morgan fingerprint density at radius 1 is 1.39 bits per heavy atom. The number of rotatable bonds is 4. The molecule has 0 unspecified atom stereocenters. The summed E-state index contributed by atoms with van der Waals surface area (Å²) < 4.78 is 4.53. The van der Waals surface area contributed by atoms with Crippen LogP contribution in [-0.4, -0.2) is 30.1 Å². The molecule has 1 rings (SSSR count). The van der Waals surface area contributed by atoms with Gasteiger partial charge in [-0.15, -0.1) is 11.3 Å². The zero-order valence-electron chi connectivity index (χ0n) is 10.2. The fourth-order valence-corrected chi connectivity index (χ4v) is 2.67. The fraction of sp³-hybridized carbons (Fsp3) is 0.364. The van der Waals surface area contributed by atoms with Crippen LogP contribution < -0.4 is 5.32 Å². The Balaban J connectivity index is 3.18. The second-order valence-corrected chi connectivity index (χ2v) is 4.70. The molecule has 0 aromatic carbocycles. The van der Waals surface area contributed by atoms with Gasteiger partial charge in [-0.25, -0.2) is 4.79 Å². The number of ether oxygens (including phenoxy) is 1. The molecule has 1 aromatic heterocycles. The van der Waals surface area contributed by atoms with Gasteiger partial charge in [0, 0.05) is 11.8 Å². The van der Waals surface area contributed by atoms with Crippen LogP contribution in [-0.2, 0) is 20.7 Å². The molecule has 18 heavy (non-hydrogen) atoms. The molecule has 2 N–H and O–H groups in total. The number of amides is 1. The maximum atomic E-state index is 11.2. The molecule has 1 amide bonds. The second kappa shape index (κ2) is 5.63. The zero-order valence-corrected chi connectivity index (χ0v) is 11.0. The summed E-state index contributed by atoms with van der Waals surface area (Å²) >= 11 is 1.07. The number of carboxylic acid groups (broad SMARTS) is 1. The second-order valence-electron chi connectivity index (χ2n) is 3.59. The SMILES string of the molecule is COC(=O)Cc1sc(NC(C)=O)c(C(=O)O)c1C. The Labute approximate surface area is 108 Å². The van der Waals surface area contributed by atoms with Gasteiger partial charge in [0.05, 0.1) is 19.1 Å². The lowest BCUT2D eigenvalue weighted by Crippen LogP contribution is -2.09. The number of carbonyl (C=O) groups excluding carboxylic acids is 2. The number of carboxylic acids is 1. The van der Waals surface area contributed by atoms with Crippen molar-refractivity contribution in [2.45, 2.75) is 20.3 Å². The third kappa shape index (κ3) is 3.07. The van der Waals surface area contributed by atoms with Crippen molar-refractivity contribution in [1.29, 1.82) is 0 Å². The Morgan fingerprint density at radius 2 is 2.00 bits per heavy atom. The number of carbonyl (C=O) groups is 3. The number of methoxy groups -OCH3 is 1. The minimum Gasteiger partial charge on any atom is -0.478 e. The minimum absolute atomic E-state index is 0.00708. The molecule has 0 fully saturated rings. The topological polar surface area (TPSA) is 92.7 Å². The summed E-state index contributed by atoms with van der Waals surface area (Å²) in [7, 11) is 1.26. The third-order valence-electron chi connectivity index (χ3n) is 2.28. The van der Waals surface area contributed by atoms with Gasteiger partial charge in [0.25, 0.3) is 0 Å². The first-order valence-electron chi connectivity index (χ1n) is 5.06. The third-order valence-corrected chi connectivity index (χ3v) is 3.49. The van der Waals surface area contributed by atoms with Crippen molar-refractivity contribution in [2.75, 3.05) is 12.4 Å². The standard InChI is InChI=1S/C11H13NO5S/c1-5-7(4-8(14)17-3)18-10(12-6(2)13)9(5)11(15)16/h4H2,1-3H3,(H,12,13)(H,15,16). The highest BCUT2D eigenvalue weighted by molar-refractivity contribution is 7.17. The molecule has 0 saturated carbocycles. The van der Waals surface area contributed by atoms with E-state index in [0.29, 0.717) is 10.4 Å². The first-order chi connectivity index (χ1) is 8.36. The van der Waals surface area contributed by atoms with E-state index >= 15 is 0 Å². The average Bonchev–Trinajstić information content (AvgIpc) is 2.54. The van der Waals surface area contributed by atoms with Crippen molar-refractivity contribution in [3.8, 4) is 0 Å². The van der Waals surface area contributed by atoms with E-state index in [1.165, 1.54) is 14.0 Å². The molecular weight excluding hydrogens is 258 g/mol. The normalized spacial score (nSPS) is 9.94. The highest BCUT2D eigenvalue weighted by Gasteiger charge is 2.22. The fourth-order valence-electron chi connectivity index (χ4n) is 1.44. The Morgan fingerprint density at radius 3 is 2.44 bits per heavy atom. The van der Waals surface area contributed by atoms with Crippen LogP contribution in [0.15, 0.2) is 0 Å². The minimum atomic E-state index is -1.14. The summed E-state index contributed by atoms with van der Waals surface area (Å²) in [5, 5.41) is 11.8. The molecule has 0 aliphatic heterocycles. The monoisotopic (exact) mass is 271 g/mol. The lowest BCUT2D eigenvalue weighted by molar-refractivity contribution is -0.139. The van der Waals surface area contributed by atoms with Gasteiger partial charge in [-0.05, 0) is 12.5 Å². The predicted molar refractivity (Wildman–Crippen MR) is 66.0 cm³/mol. The van der Waals surface area contributed by atoms with Gasteiger partial charge in [-0.1, -0.05) is 0 Å². The number of nitrogens with one attached hydrogen (secondary N) is 1. The van der Waals surface area contributed by atoms with Gasteiger partial charge in [0.1, 0.15) is 5.00 Å². The summed E-state index contributed by atoms with van der Waals surface area (Å²) in [6.07, 6.45) is -0.00708. The van der Waals surface area contributed by atoms with E-state index in [1.54, 1.807) is 6.92 Å². The van der Waals surface area contributed by atoms with Gasteiger partial charge in [0.2, 0.25) is 5.91 Å². The van der Waals surface area contributed by atoms with Gasteiger partial charge in [0.15, 0.2) is 0 Å². The van der Waals surface area contributed by atoms with E-state index in [-0.39, 0.29) is 22.9 Å². The molecule has 0 saturated heterocycles. The average molecular weight is 271 g/mol. The summed E-state index contributed by atoms with van der Waals surface area (Å²) in [5.74, 6) is -1.95. The Hall–Kier alpha value is -1.89. The lowest BCUT2D eigenvalue weighted by Gasteiger charge is -2.00. The molecule has 0 radical (unpaired) electrons. The molecule has 1 heterocycles. The quantitative estimate of drug-likeness (QED) is 0.808. The van der Waals surface area contributed by atoms with Crippen molar-refractivity contribution in [3.63, 3.8) is 0 Å². The number of thiophene rings is 1. The van der Waals surface area contributed by atoms with Crippen LogP contribution in [0, 0.1) is 6.92 Å². The summed E-state index contributed by atoms with van der Waals surface area (Å²) in [4.78, 5) is 33.9. The van der Waals surface area contributed by atoms with Gasteiger partial charge < -0.3 is 15.2 Å². The number of aromatic carboxylic acids is 1. The van der Waals surface area contributed by atoms with Crippen LogP contribution in [0.3, 0.4) is 0 Å². The molecule has 0 aliphatic carbocycles. The zero-order chi connectivity index (χ0) is 13.9. The lowest BCUT2D eigenvalue weighted by atomic mass is 10.1. The maximum Gasteiger partial charge on any atom is 0.338 e. The molecule has 0 bridgehead atoms.